The zero-order valence-electron chi connectivity index (χ0n) is 23.3. The van der Waals surface area contributed by atoms with Crippen LogP contribution in [0.25, 0.3) is 22.3 Å². The highest BCUT2D eigenvalue weighted by atomic mass is 32.7. The summed E-state index contributed by atoms with van der Waals surface area (Å²) in [5, 5.41) is 11.4. The number of imidazole rings is 2. The van der Waals surface area contributed by atoms with Crippen molar-refractivity contribution in [2.75, 3.05) is 24.7 Å². The Bertz CT molecular complexity index is 2000. The van der Waals surface area contributed by atoms with Crippen molar-refractivity contribution >= 4 is 71.7 Å². The summed E-state index contributed by atoms with van der Waals surface area (Å²) in [6, 6.07) is 0. The fourth-order valence-electron chi connectivity index (χ4n) is 5.52. The molecule has 2 bridgehead atoms. The standard InChI is InChI=1S/C21H25FN10O10P2S2/c1-21-3-38-44(36,46)41-12-8(22)7(39-19(12)32-6-28-10-16(32)29-20(24)30-17(10)34)2-37-43(35,45)42-13(21)11(33)18(40-21)31-5-27-9-14(23)25-4-26-15(9)31/h4-8,11-13,18-19,33H,2-3H2,1H3,(H,35,45)(H,36,46)(H2,23,25,26)(H3,24,29,30,34)/t7-,8+,11-,12-,13+,18-,19-,21-,43?,44?/m1/s1. The molecule has 0 saturated carbocycles. The molecule has 248 valence electrons. The molecule has 7 rings (SSSR count). The van der Waals surface area contributed by atoms with Gasteiger partial charge in [-0.1, -0.05) is 12.2 Å². The fraction of sp³-hybridized carbons (Fsp3) is 0.524. The number of aromatic nitrogens is 8. The van der Waals surface area contributed by atoms with E-state index in [2.05, 4.69) is 42.2 Å². The first-order valence-corrected chi connectivity index (χ1v) is 18.6. The van der Waals surface area contributed by atoms with Crippen LogP contribution in [0.1, 0.15) is 19.4 Å². The summed E-state index contributed by atoms with van der Waals surface area (Å²) < 4.78 is 66.4. The first kappa shape index (κ1) is 31.9. The summed E-state index contributed by atoms with van der Waals surface area (Å²) in [4.78, 5) is 46.1. The minimum Gasteiger partial charge on any atom is -0.386 e. The second-order valence-corrected chi connectivity index (χ2v) is 16.4. The average molecular weight is 723 g/mol. The van der Waals surface area contributed by atoms with Crippen molar-refractivity contribution < 1.29 is 46.5 Å². The van der Waals surface area contributed by atoms with E-state index in [4.69, 9.17) is 50.8 Å². The van der Waals surface area contributed by atoms with E-state index in [1.807, 2.05) is 0 Å². The van der Waals surface area contributed by atoms with E-state index in [1.165, 1.54) is 28.7 Å². The van der Waals surface area contributed by atoms with Gasteiger partial charge in [-0.25, -0.2) is 28.9 Å². The summed E-state index contributed by atoms with van der Waals surface area (Å²) in [5.74, 6) is -0.177. The Balaban J connectivity index is 1.23. The Labute approximate surface area is 266 Å². The van der Waals surface area contributed by atoms with Crippen LogP contribution in [0, 0.1) is 0 Å². The lowest BCUT2D eigenvalue weighted by Gasteiger charge is -2.33. The van der Waals surface area contributed by atoms with E-state index in [9.17, 15) is 19.4 Å². The van der Waals surface area contributed by atoms with Gasteiger partial charge in [0.2, 0.25) is 5.95 Å². The number of hydrogen-bond donors (Lipinski definition) is 6. The van der Waals surface area contributed by atoms with E-state index >= 15 is 4.39 Å². The molecule has 25 heteroatoms. The first-order chi connectivity index (χ1) is 21.7. The maximum Gasteiger partial charge on any atom is 0.386 e. The molecule has 7 N–H and O–H groups in total. The maximum absolute atomic E-state index is 15.9. The summed E-state index contributed by atoms with van der Waals surface area (Å²) >= 11 is 9.29. The number of nitrogens with one attached hydrogen (secondary N) is 1. The van der Waals surface area contributed by atoms with Crippen molar-refractivity contribution in [1.82, 2.24) is 39.0 Å². The van der Waals surface area contributed by atoms with Crippen molar-refractivity contribution in [2.24, 2.45) is 0 Å². The van der Waals surface area contributed by atoms with E-state index in [-0.39, 0.29) is 34.1 Å². The third-order valence-electron chi connectivity index (χ3n) is 7.66. The predicted molar refractivity (Wildman–Crippen MR) is 160 cm³/mol. The third kappa shape index (κ3) is 5.43. The van der Waals surface area contributed by atoms with Crippen LogP contribution in [0.4, 0.5) is 16.2 Å². The van der Waals surface area contributed by atoms with Crippen LogP contribution in [-0.4, -0.2) is 98.4 Å². The number of aliphatic hydroxyl groups is 1. The molecule has 0 spiro atoms. The Morgan fingerprint density at radius 1 is 1.13 bits per heavy atom. The van der Waals surface area contributed by atoms with Gasteiger partial charge in [-0.2, -0.15) is 4.98 Å². The smallest absolute Gasteiger partial charge is 0.386 e. The highest BCUT2D eigenvalue weighted by molar-refractivity contribution is 8.44. The number of anilines is 2. The maximum atomic E-state index is 15.9. The Morgan fingerprint density at radius 3 is 2.61 bits per heavy atom. The number of halogens is 1. The van der Waals surface area contributed by atoms with E-state index in [0.29, 0.717) is 0 Å². The highest BCUT2D eigenvalue weighted by Crippen LogP contribution is 2.60. The zero-order chi connectivity index (χ0) is 32.8. The van der Waals surface area contributed by atoms with Gasteiger partial charge in [-0.05, 0) is 18.7 Å². The van der Waals surface area contributed by atoms with Crippen molar-refractivity contribution in [3.8, 4) is 0 Å². The van der Waals surface area contributed by atoms with Crippen molar-refractivity contribution in [2.45, 2.75) is 55.6 Å². The number of hydrogen-bond acceptors (Lipinski definition) is 17. The van der Waals surface area contributed by atoms with E-state index in [0.717, 1.165) is 6.33 Å². The number of nitrogens with two attached hydrogens (primary N) is 2. The molecule has 0 aromatic carbocycles. The Hall–Kier alpha value is -2.66. The average Bonchev–Trinajstić information content (AvgIpc) is 3.73. The van der Waals surface area contributed by atoms with Gasteiger partial charge >= 0.3 is 13.5 Å². The minimum absolute atomic E-state index is 0.0760. The van der Waals surface area contributed by atoms with Gasteiger partial charge in [-0.3, -0.25) is 32.5 Å². The molecule has 3 aliphatic heterocycles. The number of rotatable bonds is 2. The van der Waals surface area contributed by atoms with E-state index in [1.54, 1.807) is 0 Å². The van der Waals surface area contributed by atoms with E-state index < -0.39 is 80.9 Å². The highest BCUT2D eigenvalue weighted by Gasteiger charge is 2.58. The van der Waals surface area contributed by atoms with Gasteiger partial charge in [0.05, 0.1) is 25.9 Å². The lowest BCUT2D eigenvalue weighted by atomic mass is 9.99. The molecule has 3 fully saturated rings. The van der Waals surface area contributed by atoms with Crippen molar-refractivity contribution in [1.29, 1.82) is 0 Å². The monoisotopic (exact) mass is 722 g/mol. The molecule has 4 aromatic heterocycles. The van der Waals surface area contributed by atoms with Gasteiger partial charge in [-0.15, -0.1) is 0 Å². The number of thiol groups is 1. The normalized spacial score (nSPS) is 38.8. The number of fused-ring (bicyclic) bond motifs is 5. The van der Waals surface area contributed by atoms with Crippen LogP contribution >= 0.6 is 25.8 Å². The number of aromatic amines is 1. The number of ether oxygens (including phenoxy) is 2. The number of nitrogens with zero attached hydrogens (tertiary/aromatic N) is 7. The molecule has 20 nitrogen and oxygen atoms in total. The number of nitrogen functional groups attached to an aromatic ring is 2. The number of H-pyrrole nitrogens is 1. The second-order valence-electron chi connectivity index (χ2n) is 10.8. The molecule has 0 radical (unpaired) electrons. The van der Waals surface area contributed by atoms with Gasteiger partial charge in [0.1, 0.15) is 41.9 Å². The van der Waals surface area contributed by atoms with Crippen molar-refractivity contribution in [3.05, 3.63) is 29.3 Å². The van der Waals surface area contributed by atoms with Gasteiger partial charge in [0.15, 0.2) is 41.3 Å². The molecule has 7 heterocycles. The van der Waals surface area contributed by atoms with Crippen LogP contribution in [0.15, 0.2) is 23.8 Å². The van der Waals surface area contributed by atoms with Crippen LogP contribution in [-0.2, 0) is 43.9 Å². The van der Waals surface area contributed by atoms with Crippen LogP contribution in [0.2, 0.25) is 0 Å². The minimum atomic E-state index is -4.42. The van der Waals surface area contributed by atoms with Crippen LogP contribution < -0.4 is 17.0 Å². The first-order valence-electron chi connectivity index (χ1n) is 13.3. The molecule has 0 aliphatic carbocycles. The summed E-state index contributed by atoms with van der Waals surface area (Å²) in [6.07, 6.45) is -7.41. The molecule has 4 aromatic rings. The largest absolute Gasteiger partial charge is 0.386 e. The predicted octanol–water partition coefficient (Wildman–Crippen LogP) is 0.0797. The molecule has 3 saturated heterocycles. The number of alkyl halides is 1. The molecule has 3 aliphatic rings. The zero-order valence-corrected chi connectivity index (χ0v) is 26.8. The fourth-order valence-corrected chi connectivity index (χ4v) is 8.52. The molecule has 0 amide bonds. The SMILES string of the molecule is C[C@@]12COP(O)(=S)O[C@@H]3[C@@H](F)[C@@H](COP(=O)(S)O[C@H]1[C@@H](O)[C@H](n1cnc4c(N)ncnc41)O2)O[C@H]3n1cnc2c(=O)[nH]c(N)nc21. The molecular weight excluding hydrogens is 697 g/mol. The summed E-state index contributed by atoms with van der Waals surface area (Å²) in [5.41, 5.74) is 9.42. The Kier molecular flexibility index (Phi) is 7.78. The topological polar surface area (TPSA) is 272 Å². The summed E-state index contributed by atoms with van der Waals surface area (Å²) in [6.45, 7) is -8.69. The van der Waals surface area contributed by atoms with Gasteiger partial charge < -0.3 is 35.5 Å². The van der Waals surface area contributed by atoms with Crippen LogP contribution in [0.5, 0.6) is 0 Å². The van der Waals surface area contributed by atoms with Gasteiger partial charge in [0, 0.05) is 0 Å². The lowest BCUT2D eigenvalue weighted by molar-refractivity contribution is -0.112. The number of aliphatic hydroxyl groups excluding tert-OH is 1. The van der Waals surface area contributed by atoms with Gasteiger partial charge in [0.25, 0.3) is 5.56 Å². The van der Waals surface area contributed by atoms with Crippen LogP contribution in [0.3, 0.4) is 0 Å². The molecule has 46 heavy (non-hydrogen) atoms. The van der Waals surface area contributed by atoms with Crippen molar-refractivity contribution in [3.63, 3.8) is 0 Å². The summed E-state index contributed by atoms with van der Waals surface area (Å²) in [7, 11) is 0. The lowest BCUT2D eigenvalue weighted by Crippen LogP contribution is -2.45. The second kappa shape index (κ2) is 11.2. The quantitative estimate of drug-likeness (QED) is 0.118. The Morgan fingerprint density at radius 2 is 1.85 bits per heavy atom. The molecule has 2 unspecified atom stereocenters. The molecule has 10 atom stereocenters. The molecular formula is C21H25FN10O10P2S2. The third-order valence-corrected chi connectivity index (χ3v) is 10.8.